The number of carboxylic acids is 1. The number of anilines is 1. The summed E-state index contributed by atoms with van der Waals surface area (Å²) in [5.41, 5.74) is 5.23. The fraction of sp³-hybridized carbons (Fsp3) is 0.188. The number of nitrogens with zero attached hydrogens (tertiary/aromatic N) is 3. The smallest absolute Gasteiger partial charge is 0.341 e. The van der Waals surface area contributed by atoms with Crippen molar-refractivity contribution in [1.29, 1.82) is 0 Å². The predicted molar refractivity (Wildman–Crippen MR) is 87.1 cm³/mol. The lowest BCUT2D eigenvalue weighted by molar-refractivity contribution is 0.0695. The number of fused-ring (bicyclic) bond motifs is 1. The van der Waals surface area contributed by atoms with Crippen LogP contribution in [0.25, 0.3) is 16.9 Å². The van der Waals surface area contributed by atoms with E-state index in [1.807, 2.05) is 0 Å². The number of aromatic nitrogens is 3. The van der Waals surface area contributed by atoms with Gasteiger partial charge in [0.1, 0.15) is 11.2 Å². The molecule has 3 aromatic heterocycles. The average Bonchev–Trinajstić information content (AvgIpc) is 2.96. The Balaban J connectivity index is 2.47. The van der Waals surface area contributed by atoms with Crippen LogP contribution in [0.4, 0.5) is 10.1 Å². The molecule has 0 atom stereocenters. The van der Waals surface area contributed by atoms with Crippen LogP contribution in [-0.2, 0) is 6.54 Å². The molecule has 0 aromatic carbocycles. The summed E-state index contributed by atoms with van der Waals surface area (Å²) in [4.78, 5) is 28.0. The lowest BCUT2D eigenvalue weighted by Gasteiger charge is -2.14. The van der Waals surface area contributed by atoms with Crippen molar-refractivity contribution in [1.82, 2.24) is 14.1 Å². The third-order valence-corrected chi connectivity index (χ3v) is 3.90. The van der Waals surface area contributed by atoms with Crippen molar-refractivity contribution in [2.75, 3.05) is 5.73 Å². The van der Waals surface area contributed by atoms with Gasteiger partial charge in [-0.15, -0.1) is 0 Å². The summed E-state index contributed by atoms with van der Waals surface area (Å²) in [6.07, 6.45) is 4.30. The van der Waals surface area contributed by atoms with Gasteiger partial charge in [0, 0.05) is 36.4 Å². The fourth-order valence-corrected chi connectivity index (χ4v) is 2.65. The van der Waals surface area contributed by atoms with Gasteiger partial charge in [0.15, 0.2) is 11.6 Å². The van der Waals surface area contributed by atoms with Crippen molar-refractivity contribution in [2.45, 2.75) is 20.4 Å². The van der Waals surface area contributed by atoms with Crippen molar-refractivity contribution in [3.05, 3.63) is 51.8 Å². The number of pyridine rings is 2. The molecule has 8 heteroatoms. The van der Waals surface area contributed by atoms with Gasteiger partial charge in [-0.05, 0) is 19.9 Å². The first-order valence-corrected chi connectivity index (χ1v) is 7.25. The van der Waals surface area contributed by atoms with Crippen molar-refractivity contribution >= 4 is 22.7 Å². The Bertz CT molecular complexity index is 1040. The molecule has 0 spiro atoms. The zero-order valence-corrected chi connectivity index (χ0v) is 13.1. The van der Waals surface area contributed by atoms with Gasteiger partial charge >= 0.3 is 5.97 Å². The topological polar surface area (TPSA) is 103 Å². The first-order chi connectivity index (χ1) is 11.3. The number of carbonyl (C=O) groups is 1. The highest BCUT2D eigenvalue weighted by Crippen LogP contribution is 2.23. The molecular formula is C16H15FN4O3. The van der Waals surface area contributed by atoms with Crippen LogP contribution in [0, 0.1) is 12.7 Å². The molecule has 0 bridgehead atoms. The van der Waals surface area contributed by atoms with Crippen LogP contribution in [0.3, 0.4) is 0 Å². The second-order valence-corrected chi connectivity index (χ2v) is 5.39. The van der Waals surface area contributed by atoms with E-state index in [0.717, 1.165) is 0 Å². The van der Waals surface area contributed by atoms with Crippen LogP contribution in [0.15, 0.2) is 29.5 Å². The van der Waals surface area contributed by atoms with Crippen LogP contribution in [0.2, 0.25) is 0 Å². The molecule has 3 heterocycles. The fourth-order valence-electron chi connectivity index (χ4n) is 2.65. The minimum atomic E-state index is -1.36. The molecule has 0 radical (unpaired) electrons. The van der Waals surface area contributed by atoms with Crippen LogP contribution < -0.4 is 11.2 Å². The number of carboxylic acid groups (broad SMARTS) is 1. The van der Waals surface area contributed by atoms with E-state index in [4.69, 9.17) is 5.73 Å². The second-order valence-electron chi connectivity index (χ2n) is 5.39. The molecule has 0 fully saturated rings. The van der Waals surface area contributed by atoms with Gasteiger partial charge in [-0.25, -0.2) is 14.2 Å². The van der Waals surface area contributed by atoms with Crippen LogP contribution >= 0.6 is 0 Å². The Labute approximate surface area is 135 Å². The summed E-state index contributed by atoms with van der Waals surface area (Å²) >= 11 is 0. The van der Waals surface area contributed by atoms with Gasteiger partial charge < -0.3 is 20.0 Å². The molecule has 0 saturated carbocycles. The lowest BCUT2D eigenvalue weighted by atomic mass is 10.1. The van der Waals surface area contributed by atoms with E-state index in [2.05, 4.69) is 4.98 Å². The molecule has 7 nitrogen and oxygen atoms in total. The molecule has 0 aliphatic heterocycles. The zero-order chi connectivity index (χ0) is 17.6. The zero-order valence-electron chi connectivity index (χ0n) is 13.1. The van der Waals surface area contributed by atoms with Crippen LogP contribution in [-0.4, -0.2) is 25.2 Å². The van der Waals surface area contributed by atoms with E-state index in [9.17, 15) is 19.1 Å². The largest absolute Gasteiger partial charge is 0.477 e. The Morgan fingerprint density at radius 1 is 1.42 bits per heavy atom. The van der Waals surface area contributed by atoms with Crippen molar-refractivity contribution < 1.29 is 14.3 Å². The summed E-state index contributed by atoms with van der Waals surface area (Å²) in [6.45, 7) is 3.59. The predicted octanol–water partition coefficient (Wildman–Crippen LogP) is 1.94. The Hall–Kier alpha value is -3.16. The van der Waals surface area contributed by atoms with Crippen LogP contribution in [0.1, 0.15) is 22.8 Å². The number of halogens is 1. The highest BCUT2D eigenvalue weighted by atomic mass is 19.1. The maximum absolute atomic E-state index is 14.8. The molecule has 3 rings (SSSR count). The highest BCUT2D eigenvalue weighted by molar-refractivity contribution is 5.93. The van der Waals surface area contributed by atoms with E-state index < -0.39 is 22.8 Å². The normalized spacial score (nSPS) is 11.1. The van der Waals surface area contributed by atoms with Gasteiger partial charge in [-0.1, -0.05) is 0 Å². The maximum Gasteiger partial charge on any atom is 0.341 e. The van der Waals surface area contributed by atoms with Gasteiger partial charge in [-0.2, -0.15) is 0 Å². The SMILES string of the molecule is CCn1cc(C(=O)O)c(=O)c2c(C)c(F)c(-n3ccc(N)c3)nc21. The molecule has 0 amide bonds. The number of nitrogens with two attached hydrogens (primary N) is 1. The highest BCUT2D eigenvalue weighted by Gasteiger charge is 2.21. The summed E-state index contributed by atoms with van der Waals surface area (Å²) < 4.78 is 17.7. The van der Waals surface area contributed by atoms with Gasteiger partial charge in [-0.3, -0.25) is 4.79 Å². The van der Waals surface area contributed by atoms with Crippen LogP contribution in [0.5, 0.6) is 0 Å². The average molecular weight is 330 g/mol. The standard InChI is InChI=1S/C16H15FN4O3/c1-3-20-7-10(16(23)24)13(22)11-8(2)12(17)15(19-14(11)20)21-5-4-9(18)6-21/h4-7H,3,18H2,1-2H3,(H,23,24). The molecule has 3 aromatic rings. The van der Waals surface area contributed by atoms with Gasteiger partial charge in [0.25, 0.3) is 0 Å². The summed E-state index contributed by atoms with van der Waals surface area (Å²) in [6, 6.07) is 1.60. The second kappa shape index (κ2) is 5.48. The first kappa shape index (κ1) is 15.7. The summed E-state index contributed by atoms with van der Waals surface area (Å²) in [7, 11) is 0. The number of rotatable bonds is 3. The first-order valence-electron chi connectivity index (χ1n) is 7.25. The molecule has 3 N–H and O–H groups in total. The van der Waals surface area contributed by atoms with Crippen molar-refractivity contribution in [3.63, 3.8) is 0 Å². The minimum absolute atomic E-state index is 0.00127. The summed E-state index contributed by atoms with van der Waals surface area (Å²) in [5.74, 6) is -2.05. The Morgan fingerprint density at radius 3 is 2.67 bits per heavy atom. The van der Waals surface area contributed by atoms with E-state index in [-0.39, 0.29) is 22.4 Å². The van der Waals surface area contributed by atoms with Gasteiger partial charge in [0.2, 0.25) is 5.43 Å². The van der Waals surface area contributed by atoms with Crippen molar-refractivity contribution in [3.8, 4) is 5.82 Å². The number of aryl methyl sites for hydroxylation is 2. The molecular weight excluding hydrogens is 315 g/mol. The van der Waals surface area contributed by atoms with Gasteiger partial charge in [0.05, 0.1) is 5.39 Å². The Morgan fingerprint density at radius 2 is 2.12 bits per heavy atom. The molecule has 0 unspecified atom stereocenters. The number of nitrogen functional groups attached to an aromatic ring is 1. The molecule has 0 saturated heterocycles. The molecule has 0 aliphatic rings. The van der Waals surface area contributed by atoms with E-state index >= 15 is 0 Å². The van der Waals surface area contributed by atoms with Crippen molar-refractivity contribution in [2.24, 2.45) is 0 Å². The molecule has 0 aliphatic carbocycles. The third-order valence-electron chi connectivity index (χ3n) is 3.90. The molecule has 124 valence electrons. The lowest BCUT2D eigenvalue weighted by Crippen LogP contribution is -2.21. The number of aromatic carboxylic acids is 1. The number of hydrogen-bond donors (Lipinski definition) is 2. The molecule has 24 heavy (non-hydrogen) atoms. The Kier molecular flexibility index (Phi) is 3.59. The minimum Gasteiger partial charge on any atom is -0.477 e. The third kappa shape index (κ3) is 2.23. The quantitative estimate of drug-likeness (QED) is 0.764. The summed E-state index contributed by atoms with van der Waals surface area (Å²) in [5, 5.41) is 9.17. The monoisotopic (exact) mass is 330 g/mol. The van der Waals surface area contributed by atoms with E-state index in [0.29, 0.717) is 12.2 Å². The van der Waals surface area contributed by atoms with E-state index in [1.165, 1.54) is 28.5 Å². The van der Waals surface area contributed by atoms with E-state index in [1.54, 1.807) is 19.2 Å². The number of hydrogen-bond acceptors (Lipinski definition) is 4. The maximum atomic E-state index is 14.8.